The van der Waals surface area contributed by atoms with Gasteiger partial charge in [-0.3, -0.25) is 15.2 Å². The lowest BCUT2D eigenvalue weighted by atomic mass is 10.2. The smallest absolute Gasteiger partial charge is 0.236 e. The molecule has 16 heavy (non-hydrogen) atoms. The zero-order valence-corrected chi connectivity index (χ0v) is 8.51. The van der Waals surface area contributed by atoms with Crippen LogP contribution >= 0.6 is 0 Å². The van der Waals surface area contributed by atoms with Crippen molar-refractivity contribution in [3.63, 3.8) is 0 Å². The van der Waals surface area contributed by atoms with Crippen LogP contribution in [0, 0.1) is 10.1 Å². The standard InChI is InChI=1S/C10H9N3O3/c1-16-7-2-3-9-8(6-7)10(12-11-9)4-5-13(14)15/h2-6H,1H3,(H,11,12)/b5-4+. The van der Waals surface area contributed by atoms with Crippen molar-refractivity contribution >= 4 is 17.0 Å². The highest BCUT2D eigenvalue weighted by Gasteiger charge is 2.04. The minimum absolute atomic E-state index is 0.521. The Balaban J connectivity index is 2.49. The maximum absolute atomic E-state index is 10.2. The maximum Gasteiger partial charge on any atom is 0.236 e. The molecule has 0 bridgehead atoms. The van der Waals surface area contributed by atoms with E-state index in [2.05, 4.69) is 10.2 Å². The van der Waals surface area contributed by atoms with Crippen molar-refractivity contribution in [1.82, 2.24) is 10.2 Å². The number of methoxy groups -OCH3 is 1. The number of hydrogen-bond acceptors (Lipinski definition) is 4. The molecule has 1 N–H and O–H groups in total. The van der Waals surface area contributed by atoms with Gasteiger partial charge in [0.1, 0.15) is 5.75 Å². The van der Waals surface area contributed by atoms with Gasteiger partial charge in [-0.1, -0.05) is 0 Å². The van der Waals surface area contributed by atoms with Crippen molar-refractivity contribution in [2.24, 2.45) is 0 Å². The fraction of sp³-hybridized carbons (Fsp3) is 0.100. The fourth-order valence-corrected chi connectivity index (χ4v) is 1.40. The molecule has 0 unspecified atom stereocenters. The first-order chi connectivity index (χ1) is 7.70. The Morgan fingerprint density at radius 3 is 3.06 bits per heavy atom. The lowest BCUT2D eigenvalue weighted by Crippen LogP contribution is -1.83. The summed E-state index contributed by atoms with van der Waals surface area (Å²) in [5.41, 5.74) is 1.33. The summed E-state index contributed by atoms with van der Waals surface area (Å²) in [6.45, 7) is 0. The number of nitrogens with zero attached hydrogens (tertiary/aromatic N) is 2. The van der Waals surface area contributed by atoms with Gasteiger partial charge >= 0.3 is 0 Å². The van der Waals surface area contributed by atoms with Crippen molar-refractivity contribution in [2.75, 3.05) is 7.11 Å². The van der Waals surface area contributed by atoms with E-state index in [1.54, 1.807) is 25.3 Å². The van der Waals surface area contributed by atoms with Crippen LogP contribution in [0.2, 0.25) is 0 Å². The van der Waals surface area contributed by atoms with Crippen LogP contribution in [-0.2, 0) is 0 Å². The van der Waals surface area contributed by atoms with E-state index in [1.165, 1.54) is 6.08 Å². The van der Waals surface area contributed by atoms with Gasteiger partial charge in [0, 0.05) is 11.5 Å². The van der Waals surface area contributed by atoms with E-state index in [4.69, 9.17) is 4.74 Å². The van der Waals surface area contributed by atoms with Gasteiger partial charge in [0.2, 0.25) is 6.20 Å². The summed E-state index contributed by atoms with van der Waals surface area (Å²) < 4.78 is 5.07. The molecule has 0 atom stereocenters. The molecule has 0 aliphatic carbocycles. The van der Waals surface area contributed by atoms with E-state index in [9.17, 15) is 10.1 Å². The molecule has 0 aliphatic rings. The van der Waals surface area contributed by atoms with E-state index in [0.29, 0.717) is 11.4 Å². The van der Waals surface area contributed by atoms with E-state index >= 15 is 0 Å². The maximum atomic E-state index is 10.2. The molecule has 1 aromatic carbocycles. The minimum atomic E-state index is -0.521. The van der Waals surface area contributed by atoms with Crippen molar-refractivity contribution in [1.29, 1.82) is 0 Å². The van der Waals surface area contributed by atoms with Gasteiger partial charge in [-0.05, 0) is 18.2 Å². The van der Waals surface area contributed by atoms with Crippen LogP contribution in [0.4, 0.5) is 0 Å². The first-order valence-electron chi connectivity index (χ1n) is 4.54. The Hall–Kier alpha value is -2.37. The number of aromatic nitrogens is 2. The number of rotatable bonds is 3. The highest BCUT2D eigenvalue weighted by molar-refractivity contribution is 5.87. The van der Waals surface area contributed by atoms with Crippen LogP contribution < -0.4 is 4.74 Å². The number of nitrogens with one attached hydrogen (secondary N) is 1. The highest BCUT2D eigenvalue weighted by atomic mass is 16.6. The average molecular weight is 219 g/mol. The van der Waals surface area contributed by atoms with Gasteiger partial charge in [0.25, 0.3) is 0 Å². The topological polar surface area (TPSA) is 81.0 Å². The Bertz CT molecular complexity index is 559. The number of hydrogen-bond donors (Lipinski definition) is 1. The molecule has 0 aliphatic heterocycles. The second-order valence-electron chi connectivity index (χ2n) is 3.12. The monoisotopic (exact) mass is 219 g/mol. The molecule has 2 rings (SSSR count). The van der Waals surface area contributed by atoms with Crippen molar-refractivity contribution in [3.05, 3.63) is 40.2 Å². The van der Waals surface area contributed by atoms with Gasteiger partial charge < -0.3 is 4.74 Å². The third-order valence-corrected chi connectivity index (χ3v) is 2.15. The van der Waals surface area contributed by atoms with Crippen molar-refractivity contribution in [3.8, 4) is 5.75 Å². The largest absolute Gasteiger partial charge is 0.497 e. The quantitative estimate of drug-likeness (QED) is 0.630. The zero-order valence-electron chi connectivity index (χ0n) is 8.51. The number of fused-ring (bicyclic) bond motifs is 1. The molecule has 0 spiro atoms. The summed E-state index contributed by atoms with van der Waals surface area (Å²) in [5, 5.41) is 17.7. The predicted octanol–water partition coefficient (Wildman–Crippen LogP) is 1.82. The molecule has 2 aromatic rings. The molecule has 0 saturated carbocycles. The van der Waals surface area contributed by atoms with Crippen LogP contribution in [0.1, 0.15) is 5.69 Å². The molecule has 1 aromatic heterocycles. The van der Waals surface area contributed by atoms with E-state index < -0.39 is 4.92 Å². The van der Waals surface area contributed by atoms with Crippen LogP contribution in [0.5, 0.6) is 5.75 Å². The SMILES string of the molecule is COc1ccc2n[nH]c(/C=C/[N+](=O)[O-])c2c1. The summed E-state index contributed by atoms with van der Waals surface area (Å²) >= 11 is 0. The summed E-state index contributed by atoms with van der Waals surface area (Å²) in [6, 6.07) is 5.34. The lowest BCUT2D eigenvalue weighted by Gasteiger charge is -1.97. The summed E-state index contributed by atoms with van der Waals surface area (Å²) in [4.78, 5) is 9.69. The van der Waals surface area contributed by atoms with Gasteiger partial charge in [-0.15, -0.1) is 0 Å². The number of H-pyrrole nitrogens is 1. The molecular formula is C10H9N3O3. The minimum Gasteiger partial charge on any atom is -0.497 e. The number of nitro groups is 1. The van der Waals surface area contributed by atoms with Gasteiger partial charge in [0.05, 0.1) is 23.2 Å². The highest BCUT2D eigenvalue weighted by Crippen LogP contribution is 2.22. The fourth-order valence-electron chi connectivity index (χ4n) is 1.40. The first kappa shape index (κ1) is 10.2. The second kappa shape index (κ2) is 4.01. The second-order valence-corrected chi connectivity index (χ2v) is 3.12. The van der Waals surface area contributed by atoms with Crippen LogP contribution in [0.3, 0.4) is 0 Å². The third kappa shape index (κ3) is 1.85. The third-order valence-electron chi connectivity index (χ3n) is 2.15. The molecule has 0 amide bonds. The molecule has 0 fully saturated rings. The Kier molecular flexibility index (Phi) is 2.55. The van der Waals surface area contributed by atoms with Gasteiger partial charge in [0.15, 0.2) is 0 Å². The normalized spacial score (nSPS) is 11.1. The number of ether oxygens (including phenoxy) is 1. The molecule has 0 radical (unpaired) electrons. The number of benzene rings is 1. The zero-order chi connectivity index (χ0) is 11.5. The van der Waals surface area contributed by atoms with E-state index in [0.717, 1.165) is 17.1 Å². The summed E-state index contributed by atoms with van der Waals surface area (Å²) in [5.74, 6) is 0.685. The molecule has 0 saturated heterocycles. The molecule has 1 heterocycles. The summed E-state index contributed by atoms with van der Waals surface area (Å²) in [7, 11) is 1.56. The van der Waals surface area contributed by atoms with Crippen molar-refractivity contribution < 1.29 is 9.66 Å². The number of aromatic amines is 1. The lowest BCUT2D eigenvalue weighted by molar-refractivity contribution is -0.400. The van der Waals surface area contributed by atoms with Crippen LogP contribution in [0.15, 0.2) is 24.4 Å². The average Bonchev–Trinajstić information content (AvgIpc) is 2.68. The molecular weight excluding hydrogens is 210 g/mol. The van der Waals surface area contributed by atoms with Crippen LogP contribution in [-0.4, -0.2) is 22.2 Å². The predicted molar refractivity (Wildman–Crippen MR) is 58.7 cm³/mol. The molecule has 82 valence electrons. The van der Waals surface area contributed by atoms with E-state index in [-0.39, 0.29) is 0 Å². The molecule has 6 heteroatoms. The Labute approximate surface area is 90.7 Å². The van der Waals surface area contributed by atoms with Gasteiger partial charge in [-0.2, -0.15) is 5.10 Å². The summed E-state index contributed by atoms with van der Waals surface area (Å²) in [6.07, 6.45) is 2.24. The van der Waals surface area contributed by atoms with Gasteiger partial charge in [-0.25, -0.2) is 0 Å². The Morgan fingerprint density at radius 1 is 1.56 bits per heavy atom. The van der Waals surface area contributed by atoms with Crippen LogP contribution in [0.25, 0.3) is 17.0 Å². The Morgan fingerprint density at radius 2 is 2.38 bits per heavy atom. The van der Waals surface area contributed by atoms with Crippen molar-refractivity contribution in [2.45, 2.75) is 0 Å². The first-order valence-corrected chi connectivity index (χ1v) is 4.54. The molecule has 6 nitrogen and oxygen atoms in total. The van der Waals surface area contributed by atoms with E-state index in [1.807, 2.05) is 0 Å².